The summed E-state index contributed by atoms with van der Waals surface area (Å²) in [4.78, 5) is 20.7. The van der Waals surface area contributed by atoms with Gasteiger partial charge in [0.2, 0.25) is 5.91 Å². The first-order valence-corrected chi connectivity index (χ1v) is 9.37. The number of furan rings is 1. The summed E-state index contributed by atoms with van der Waals surface area (Å²) in [7, 11) is 0. The second-order valence-electron chi connectivity index (χ2n) is 7.35. The molecule has 0 spiro atoms. The molecule has 26 heavy (non-hydrogen) atoms. The first kappa shape index (κ1) is 17.0. The molecule has 1 saturated carbocycles. The van der Waals surface area contributed by atoms with Gasteiger partial charge in [0.05, 0.1) is 0 Å². The lowest BCUT2D eigenvalue weighted by Gasteiger charge is -2.34. The minimum Gasteiger partial charge on any atom is -0.461 e. The third-order valence-electron chi connectivity index (χ3n) is 5.35. The smallest absolute Gasteiger partial charge is 0.246 e. The van der Waals surface area contributed by atoms with Crippen LogP contribution in [0.15, 0.2) is 47.2 Å². The third kappa shape index (κ3) is 4.05. The average Bonchev–Trinajstić information content (AvgIpc) is 3.21. The van der Waals surface area contributed by atoms with E-state index in [-0.39, 0.29) is 5.91 Å². The van der Waals surface area contributed by atoms with Gasteiger partial charge < -0.3 is 9.32 Å². The Morgan fingerprint density at radius 1 is 1.19 bits per heavy atom. The molecule has 2 aliphatic rings. The largest absolute Gasteiger partial charge is 0.461 e. The number of aromatic nitrogens is 1. The number of nitrogens with zero attached hydrogens (tertiary/aromatic N) is 3. The van der Waals surface area contributed by atoms with Crippen LogP contribution in [0.25, 0.3) is 6.08 Å². The number of carbonyl (C=O) groups excluding carboxylic acids is 1. The summed E-state index contributed by atoms with van der Waals surface area (Å²) in [5, 5.41) is 0. The predicted molar refractivity (Wildman–Crippen MR) is 100 cm³/mol. The van der Waals surface area contributed by atoms with Gasteiger partial charge in [0.25, 0.3) is 0 Å². The number of rotatable bonds is 5. The summed E-state index contributed by atoms with van der Waals surface area (Å²) in [6, 6.07) is 8.08. The van der Waals surface area contributed by atoms with Gasteiger partial charge in [-0.1, -0.05) is 6.92 Å². The highest BCUT2D eigenvalue weighted by atomic mass is 16.3. The molecule has 0 radical (unpaired) electrons. The van der Waals surface area contributed by atoms with E-state index in [1.807, 2.05) is 41.6 Å². The zero-order valence-electron chi connectivity index (χ0n) is 15.2. The number of hydrogen-bond donors (Lipinski definition) is 0. The molecule has 136 valence electrons. The maximum absolute atomic E-state index is 12.4. The standard InChI is InChI=1S/C21H25N3O2/c1-16-14-19(16)20-4-2-18(26-20)3-5-21(25)24-12-10-23(11-13-24)15-17-6-8-22-9-7-17/h2-9,16,19H,10-15H2,1H3/b5-3+. The van der Waals surface area contributed by atoms with E-state index in [0.29, 0.717) is 5.92 Å². The Bertz CT molecular complexity index is 776. The monoisotopic (exact) mass is 351 g/mol. The second-order valence-corrected chi connectivity index (χ2v) is 7.35. The number of carbonyl (C=O) groups is 1. The predicted octanol–water partition coefficient (Wildman–Crippen LogP) is 3.16. The van der Waals surface area contributed by atoms with E-state index >= 15 is 0 Å². The van der Waals surface area contributed by atoms with Crippen LogP contribution in [0.4, 0.5) is 0 Å². The van der Waals surface area contributed by atoms with E-state index in [1.165, 1.54) is 12.0 Å². The molecule has 2 atom stereocenters. The first-order chi connectivity index (χ1) is 12.7. The molecule has 0 aromatic carbocycles. The van der Waals surface area contributed by atoms with Crippen molar-refractivity contribution in [2.24, 2.45) is 5.92 Å². The lowest BCUT2D eigenvalue weighted by Crippen LogP contribution is -2.47. The summed E-state index contributed by atoms with van der Waals surface area (Å²) in [5.74, 6) is 3.17. The molecule has 1 amide bonds. The summed E-state index contributed by atoms with van der Waals surface area (Å²) in [6.45, 7) is 6.46. The van der Waals surface area contributed by atoms with E-state index in [9.17, 15) is 4.79 Å². The van der Waals surface area contributed by atoms with Gasteiger partial charge in [-0.2, -0.15) is 0 Å². The SMILES string of the molecule is CC1CC1c1ccc(/C=C/C(=O)N2CCN(Cc3ccncc3)CC2)o1. The molecule has 2 aromatic heterocycles. The number of amides is 1. The zero-order valence-corrected chi connectivity index (χ0v) is 15.2. The zero-order chi connectivity index (χ0) is 17.9. The Morgan fingerprint density at radius 3 is 2.62 bits per heavy atom. The topological polar surface area (TPSA) is 49.6 Å². The maximum atomic E-state index is 12.4. The summed E-state index contributed by atoms with van der Waals surface area (Å²) >= 11 is 0. The van der Waals surface area contributed by atoms with Gasteiger partial charge in [0.1, 0.15) is 11.5 Å². The van der Waals surface area contributed by atoms with Gasteiger partial charge in [-0.25, -0.2) is 0 Å². The second kappa shape index (κ2) is 7.46. The summed E-state index contributed by atoms with van der Waals surface area (Å²) < 4.78 is 5.83. The first-order valence-electron chi connectivity index (χ1n) is 9.37. The van der Waals surface area contributed by atoms with Crippen molar-refractivity contribution in [1.82, 2.24) is 14.8 Å². The van der Waals surface area contributed by atoms with Crippen LogP contribution >= 0.6 is 0 Å². The minimum absolute atomic E-state index is 0.0614. The third-order valence-corrected chi connectivity index (χ3v) is 5.35. The van der Waals surface area contributed by atoms with Gasteiger partial charge in [0.15, 0.2) is 0 Å². The quantitative estimate of drug-likeness (QED) is 0.777. The van der Waals surface area contributed by atoms with Crippen LogP contribution in [0.5, 0.6) is 0 Å². The Balaban J connectivity index is 1.26. The molecule has 5 nitrogen and oxygen atoms in total. The van der Waals surface area contributed by atoms with Crippen molar-refractivity contribution in [3.05, 3.63) is 59.8 Å². The van der Waals surface area contributed by atoms with Gasteiger partial charge in [0, 0.05) is 57.1 Å². The van der Waals surface area contributed by atoms with Crippen LogP contribution in [0, 0.1) is 5.92 Å². The van der Waals surface area contributed by atoms with Crippen molar-refractivity contribution in [2.45, 2.75) is 25.8 Å². The fourth-order valence-corrected chi connectivity index (χ4v) is 3.51. The van der Waals surface area contributed by atoms with Crippen LogP contribution in [0.1, 0.15) is 36.3 Å². The molecular formula is C21H25N3O2. The Hall–Kier alpha value is -2.40. The number of pyridine rings is 1. The highest BCUT2D eigenvalue weighted by Gasteiger charge is 2.36. The van der Waals surface area contributed by atoms with Crippen molar-refractivity contribution in [2.75, 3.05) is 26.2 Å². The molecule has 1 aliphatic heterocycles. The molecule has 3 heterocycles. The normalized spacial score (nSPS) is 23.5. The number of hydrogen-bond acceptors (Lipinski definition) is 4. The van der Waals surface area contributed by atoms with Crippen LogP contribution in [0.2, 0.25) is 0 Å². The fourth-order valence-electron chi connectivity index (χ4n) is 3.51. The molecule has 1 saturated heterocycles. The summed E-state index contributed by atoms with van der Waals surface area (Å²) in [6.07, 6.45) is 8.28. The van der Waals surface area contributed by atoms with Crippen molar-refractivity contribution in [3.63, 3.8) is 0 Å². The molecule has 2 unspecified atom stereocenters. The lowest BCUT2D eigenvalue weighted by molar-refractivity contribution is -0.127. The molecule has 1 aliphatic carbocycles. The average molecular weight is 351 g/mol. The Labute approximate surface area is 154 Å². The van der Waals surface area contributed by atoms with Crippen LogP contribution < -0.4 is 0 Å². The van der Waals surface area contributed by atoms with Crippen molar-refractivity contribution < 1.29 is 9.21 Å². The van der Waals surface area contributed by atoms with Crippen LogP contribution in [-0.4, -0.2) is 46.9 Å². The van der Waals surface area contributed by atoms with Crippen molar-refractivity contribution in [1.29, 1.82) is 0 Å². The maximum Gasteiger partial charge on any atom is 0.246 e. The molecule has 2 fully saturated rings. The summed E-state index contributed by atoms with van der Waals surface area (Å²) in [5.41, 5.74) is 1.26. The molecular weight excluding hydrogens is 326 g/mol. The highest BCUT2D eigenvalue weighted by Crippen LogP contribution is 2.47. The van der Waals surface area contributed by atoms with E-state index in [0.717, 1.165) is 50.2 Å². The molecule has 0 N–H and O–H groups in total. The molecule has 0 bridgehead atoms. The van der Waals surface area contributed by atoms with Gasteiger partial charge >= 0.3 is 0 Å². The highest BCUT2D eigenvalue weighted by molar-refractivity contribution is 5.91. The van der Waals surface area contributed by atoms with E-state index < -0.39 is 0 Å². The molecule has 2 aromatic rings. The number of piperazine rings is 1. The Morgan fingerprint density at radius 2 is 1.92 bits per heavy atom. The van der Waals surface area contributed by atoms with E-state index in [4.69, 9.17) is 4.42 Å². The fraction of sp³-hybridized carbons (Fsp3) is 0.429. The molecule has 4 rings (SSSR count). The lowest BCUT2D eigenvalue weighted by atomic mass is 10.2. The van der Waals surface area contributed by atoms with Crippen molar-refractivity contribution >= 4 is 12.0 Å². The van der Waals surface area contributed by atoms with Crippen LogP contribution in [-0.2, 0) is 11.3 Å². The van der Waals surface area contributed by atoms with E-state index in [2.05, 4.69) is 16.8 Å². The molecule has 5 heteroatoms. The Kier molecular flexibility index (Phi) is 4.89. The van der Waals surface area contributed by atoms with Crippen molar-refractivity contribution in [3.8, 4) is 0 Å². The minimum atomic E-state index is 0.0614. The van der Waals surface area contributed by atoms with Gasteiger partial charge in [-0.3, -0.25) is 14.7 Å². The van der Waals surface area contributed by atoms with Gasteiger partial charge in [-0.15, -0.1) is 0 Å². The van der Waals surface area contributed by atoms with Crippen LogP contribution in [0.3, 0.4) is 0 Å². The van der Waals surface area contributed by atoms with Gasteiger partial charge in [-0.05, 0) is 48.2 Å². The van der Waals surface area contributed by atoms with E-state index in [1.54, 1.807) is 12.2 Å².